The van der Waals surface area contributed by atoms with Crippen molar-refractivity contribution in [3.8, 4) is 0 Å². The third kappa shape index (κ3) is 2.68. The summed E-state index contributed by atoms with van der Waals surface area (Å²) < 4.78 is 1.67. The number of nitrogens with zero attached hydrogens (tertiary/aromatic N) is 2. The lowest BCUT2D eigenvalue weighted by Gasteiger charge is -2.11. The Kier molecular flexibility index (Phi) is 3.99. The molecule has 0 aliphatic carbocycles. The summed E-state index contributed by atoms with van der Waals surface area (Å²) in [6.45, 7) is 1.85. The van der Waals surface area contributed by atoms with Crippen LogP contribution in [0.4, 0.5) is 11.5 Å². The Morgan fingerprint density at radius 1 is 1.42 bits per heavy atom. The van der Waals surface area contributed by atoms with Crippen molar-refractivity contribution in [1.29, 1.82) is 0 Å². The van der Waals surface area contributed by atoms with E-state index in [1.807, 2.05) is 13.0 Å². The van der Waals surface area contributed by atoms with Gasteiger partial charge in [-0.25, -0.2) is 0 Å². The molecule has 0 amide bonds. The number of benzene rings is 1. The number of hydrogen-bond donors (Lipinski definition) is 2. The van der Waals surface area contributed by atoms with E-state index in [-0.39, 0.29) is 4.99 Å². The first kappa shape index (κ1) is 14.1. The second-order valence-corrected chi connectivity index (χ2v) is 5.25. The van der Waals surface area contributed by atoms with Crippen molar-refractivity contribution in [2.75, 3.05) is 5.32 Å². The zero-order valence-electron chi connectivity index (χ0n) is 10.4. The highest BCUT2D eigenvalue weighted by Gasteiger charge is 2.17. The number of hydrogen-bond acceptors (Lipinski definition) is 3. The summed E-state index contributed by atoms with van der Waals surface area (Å²) in [6, 6.07) is 5.35. The summed E-state index contributed by atoms with van der Waals surface area (Å²) in [4.78, 5) is 0.284. The number of anilines is 2. The van der Waals surface area contributed by atoms with E-state index in [2.05, 4.69) is 10.4 Å². The van der Waals surface area contributed by atoms with Crippen LogP contribution >= 0.6 is 35.4 Å². The van der Waals surface area contributed by atoms with Crippen molar-refractivity contribution >= 4 is 51.9 Å². The van der Waals surface area contributed by atoms with Gasteiger partial charge in [0.1, 0.15) is 10.8 Å². The van der Waals surface area contributed by atoms with E-state index in [1.54, 1.807) is 23.9 Å². The van der Waals surface area contributed by atoms with Crippen LogP contribution in [0, 0.1) is 6.92 Å². The van der Waals surface area contributed by atoms with Gasteiger partial charge in [-0.2, -0.15) is 5.10 Å². The number of nitrogens with one attached hydrogen (secondary N) is 1. The van der Waals surface area contributed by atoms with Crippen molar-refractivity contribution in [2.24, 2.45) is 12.8 Å². The fourth-order valence-electron chi connectivity index (χ4n) is 1.82. The molecule has 0 aliphatic rings. The van der Waals surface area contributed by atoms with Gasteiger partial charge in [0.25, 0.3) is 0 Å². The highest BCUT2D eigenvalue weighted by atomic mass is 35.5. The molecule has 0 unspecified atom stereocenters. The smallest absolute Gasteiger partial charge is 0.138 e. The summed E-state index contributed by atoms with van der Waals surface area (Å²) in [5.74, 6) is 0.689. The Hall–Kier alpha value is -1.30. The van der Waals surface area contributed by atoms with E-state index in [0.717, 1.165) is 5.69 Å². The van der Waals surface area contributed by atoms with Gasteiger partial charge in [-0.15, -0.1) is 0 Å². The lowest BCUT2D eigenvalue weighted by Crippen LogP contribution is -2.13. The molecule has 100 valence electrons. The Morgan fingerprint density at radius 2 is 2.11 bits per heavy atom. The summed E-state index contributed by atoms with van der Waals surface area (Å²) in [7, 11) is 1.80. The topological polar surface area (TPSA) is 55.9 Å². The largest absolute Gasteiger partial charge is 0.389 e. The molecule has 2 aromatic rings. The molecule has 7 heteroatoms. The lowest BCUT2D eigenvalue weighted by molar-refractivity contribution is 0.765. The number of nitrogens with two attached hydrogens (primary N) is 1. The molecule has 4 nitrogen and oxygen atoms in total. The molecule has 1 aromatic carbocycles. The van der Waals surface area contributed by atoms with Crippen LogP contribution in [0.5, 0.6) is 0 Å². The summed E-state index contributed by atoms with van der Waals surface area (Å²) in [5.41, 5.74) is 7.87. The number of halogens is 2. The molecule has 3 N–H and O–H groups in total. The molecule has 0 fully saturated rings. The van der Waals surface area contributed by atoms with Crippen molar-refractivity contribution in [3.05, 3.63) is 39.5 Å². The van der Waals surface area contributed by atoms with Gasteiger partial charge in [-0.1, -0.05) is 41.5 Å². The van der Waals surface area contributed by atoms with Crippen molar-refractivity contribution in [2.45, 2.75) is 6.92 Å². The second kappa shape index (κ2) is 5.36. The highest BCUT2D eigenvalue weighted by molar-refractivity contribution is 7.80. The van der Waals surface area contributed by atoms with E-state index in [9.17, 15) is 0 Å². The maximum atomic E-state index is 6.15. The Bertz CT molecular complexity index is 651. The van der Waals surface area contributed by atoms with Gasteiger partial charge in [0, 0.05) is 7.05 Å². The maximum Gasteiger partial charge on any atom is 0.138 e. The van der Waals surface area contributed by atoms with Crippen LogP contribution in [-0.4, -0.2) is 14.8 Å². The van der Waals surface area contributed by atoms with Crippen LogP contribution in [0.25, 0.3) is 0 Å². The number of thiocarbonyl (C=S) groups is 1. The van der Waals surface area contributed by atoms with E-state index in [0.29, 0.717) is 27.1 Å². The predicted molar refractivity (Wildman–Crippen MR) is 83.6 cm³/mol. The molecule has 0 saturated heterocycles. The second-order valence-electron chi connectivity index (χ2n) is 4.02. The predicted octanol–water partition coefficient (Wildman–Crippen LogP) is 3.41. The van der Waals surface area contributed by atoms with Crippen LogP contribution < -0.4 is 11.1 Å². The Labute approximate surface area is 126 Å². The third-order valence-corrected chi connectivity index (χ3v) is 3.70. The van der Waals surface area contributed by atoms with Crippen LogP contribution in [0.3, 0.4) is 0 Å². The van der Waals surface area contributed by atoms with Crippen molar-refractivity contribution in [3.63, 3.8) is 0 Å². The fraction of sp³-hybridized carbons (Fsp3) is 0.167. The van der Waals surface area contributed by atoms with Gasteiger partial charge in [0.15, 0.2) is 0 Å². The molecule has 1 aromatic heterocycles. The van der Waals surface area contributed by atoms with E-state index in [1.165, 1.54) is 0 Å². The van der Waals surface area contributed by atoms with Crippen LogP contribution in [0.2, 0.25) is 10.0 Å². The standard InChI is InChI=1S/C12H12Cl2N4S/c1-6-9(11(15)19)12(18(2)17-6)16-8-5-3-4-7(13)10(8)14/h3-5,16H,1-2H3,(H2,15,19). The molecule has 0 atom stereocenters. The minimum absolute atomic E-state index is 0.284. The van der Waals surface area contributed by atoms with E-state index < -0.39 is 0 Å². The zero-order chi connectivity index (χ0) is 14.2. The fourth-order valence-corrected chi connectivity index (χ4v) is 2.42. The molecular formula is C12H12Cl2N4S. The monoisotopic (exact) mass is 314 g/mol. The Morgan fingerprint density at radius 3 is 2.74 bits per heavy atom. The highest BCUT2D eigenvalue weighted by Crippen LogP contribution is 2.33. The third-order valence-electron chi connectivity index (χ3n) is 2.67. The SMILES string of the molecule is Cc1nn(C)c(Nc2cccc(Cl)c2Cl)c1C(N)=S. The molecule has 0 saturated carbocycles. The van der Waals surface area contributed by atoms with Crippen molar-refractivity contribution in [1.82, 2.24) is 9.78 Å². The molecule has 2 rings (SSSR count). The minimum atomic E-state index is 0.284. The van der Waals surface area contributed by atoms with Crippen LogP contribution in [0.15, 0.2) is 18.2 Å². The van der Waals surface area contributed by atoms with Gasteiger partial charge in [-0.05, 0) is 19.1 Å². The first-order chi connectivity index (χ1) is 8.91. The average molecular weight is 315 g/mol. The molecule has 1 heterocycles. The van der Waals surface area contributed by atoms with Crippen LogP contribution in [-0.2, 0) is 7.05 Å². The Balaban J connectivity index is 2.49. The number of aromatic nitrogens is 2. The molecule has 0 aliphatic heterocycles. The van der Waals surface area contributed by atoms with E-state index in [4.69, 9.17) is 41.2 Å². The van der Waals surface area contributed by atoms with Gasteiger partial charge in [0.05, 0.1) is 27.0 Å². The van der Waals surface area contributed by atoms with Crippen LogP contribution in [0.1, 0.15) is 11.3 Å². The molecule has 0 bridgehead atoms. The van der Waals surface area contributed by atoms with Gasteiger partial charge in [-0.3, -0.25) is 4.68 Å². The quantitative estimate of drug-likeness (QED) is 0.852. The lowest BCUT2D eigenvalue weighted by atomic mass is 10.2. The molecular weight excluding hydrogens is 303 g/mol. The van der Waals surface area contributed by atoms with Gasteiger partial charge in [0.2, 0.25) is 0 Å². The zero-order valence-corrected chi connectivity index (χ0v) is 12.7. The first-order valence-electron chi connectivity index (χ1n) is 5.46. The number of aryl methyl sites for hydroxylation is 2. The molecule has 0 spiro atoms. The maximum absolute atomic E-state index is 6.15. The molecule has 19 heavy (non-hydrogen) atoms. The van der Waals surface area contributed by atoms with E-state index >= 15 is 0 Å². The normalized spacial score (nSPS) is 10.5. The summed E-state index contributed by atoms with van der Waals surface area (Å²) >= 11 is 17.2. The summed E-state index contributed by atoms with van der Waals surface area (Å²) in [5, 5.41) is 8.38. The molecule has 0 radical (unpaired) electrons. The summed E-state index contributed by atoms with van der Waals surface area (Å²) in [6.07, 6.45) is 0. The van der Waals surface area contributed by atoms with Crippen molar-refractivity contribution < 1.29 is 0 Å². The average Bonchev–Trinajstić information content (AvgIpc) is 2.60. The first-order valence-corrected chi connectivity index (χ1v) is 6.62. The minimum Gasteiger partial charge on any atom is -0.389 e. The van der Waals surface area contributed by atoms with Gasteiger partial charge >= 0.3 is 0 Å². The number of rotatable bonds is 3. The van der Waals surface area contributed by atoms with Gasteiger partial charge < -0.3 is 11.1 Å².